The van der Waals surface area contributed by atoms with Crippen LogP contribution in [0.15, 0.2) is 60.4 Å². The van der Waals surface area contributed by atoms with Gasteiger partial charge in [0.25, 0.3) is 5.91 Å². The summed E-state index contributed by atoms with van der Waals surface area (Å²) in [4.78, 5) is 36.9. The van der Waals surface area contributed by atoms with Gasteiger partial charge in [0.1, 0.15) is 11.5 Å². The van der Waals surface area contributed by atoms with Gasteiger partial charge in [-0.05, 0) is 18.2 Å². The molecule has 1 aliphatic rings. The van der Waals surface area contributed by atoms with Crippen molar-refractivity contribution in [2.45, 2.75) is 13.1 Å². The Morgan fingerprint density at radius 1 is 1.10 bits per heavy atom. The largest absolute Gasteiger partial charge is 0.548 e. The van der Waals surface area contributed by atoms with Gasteiger partial charge in [0.05, 0.1) is 19.1 Å². The van der Waals surface area contributed by atoms with Crippen LogP contribution in [0.1, 0.15) is 11.1 Å². The maximum atomic E-state index is 13.9. The van der Waals surface area contributed by atoms with E-state index in [0.29, 0.717) is 11.1 Å². The van der Waals surface area contributed by atoms with Crippen LogP contribution in [-0.4, -0.2) is 27.4 Å². The number of rotatable bonds is 5. The number of fused-ring (bicyclic) bond motifs is 1. The summed E-state index contributed by atoms with van der Waals surface area (Å²) in [6.07, 6.45) is 3.06. The summed E-state index contributed by atoms with van der Waals surface area (Å²) in [6, 6.07) is 12.4. The Bertz CT molecular complexity index is 1180. The molecule has 1 aliphatic heterocycles. The molecule has 7 nitrogen and oxygen atoms in total. The molecule has 2 heterocycles. The van der Waals surface area contributed by atoms with Gasteiger partial charge < -0.3 is 19.8 Å². The van der Waals surface area contributed by atoms with Crippen molar-refractivity contribution in [2.24, 2.45) is 0 Å². The van der Waals surface area contributed by atoms with E-state index in [1.807, 2.05) is 0 Å². The lowest BCUT2D eigenvalue weighted by atomic mass is 10.1. The highest BCUT2D eigenvalue weighted by molar-refractivity contribution is 6.14. The van der Waals surface area contributed by atoms with Crippen LogP contribution in [0.4, 0.5) is 9.18 Å². The van der Waals surface area contributed by atoms with Gasteiger partial charge in [0.15, 0.2) is 0 Å². The third-order valence-electron chi connectivity index (χ3n) is 4.67. The smallest absolute Gasteiger partial charge is 0.329 e. The number of aromatic nitrogens is 1. The Hall–Kier alpha value is -3.94. The average Bonchev–Trinajstić information content (AvgIpc) is 3.15. The van der Waals surface area contributed by atoms with Crippen LogP contribution in [0.2, 0.25) is 0 Å². The standard InChI is InChI=1S/C21H16FN3O4/c22-16-7-3-1-5-13(16)11-25-20(28)17(23-21(25)29)9-14-10-24(12-19(26)27)18-8-4-2-6-15(14)18/h1-10H,11-12H2,(H,23,29)(H,26,27)/p-1. The number of imide groups is 1. The van der Waals surface area contributed by atoms with Crippen LogP contribution in [0.3, 0.4) is 0 Å². The molecule has 1 N–H and O–H groups in total. The Morgan fingerprint density at radius 3 is 2.59 bits per heavy atom. The molecule has 1 saturated heterocycles. The zero-order valence-corrected chi connectivity index (χ0v) is 15.1. The lowest BCUT2D eigenvalue weighted by Crippen LogP contribution is -2.30. The minimum Gasteiger partial charge on any atom is -0.548 e. The van der Waals surface area contributed by atoms with Gasteiger partial charge in [0, 0.05) is 28.2 Å². The van der Waals surface area contributed by atoms with Crippen molar-refractivity contribution >= 4 is 34.9 Å². The van der Waals surface area contributed by atoms with Gasteiger partial charge in [-0.1, -0.05) is 36.4 Å². The molecule has 4 rings (SSSR count). The molecule has 0 saturated carbocycles. The molecule has 1 aromatic heterocycles. The number of benzene rings is 2. The molecule has 3 aromatic rings. The average molecular weight is 392 g/mol. The number of carboxylic acid groups (broad SMARTS) is 1. The summed E-state index contributed by atoms with van der Waals surface area (Å²) >= 11 is 0. The Morgan fingerprint density at radius 2 is 1.83 bits per heavy atom. The van der Waals surface area contributed by atoms with Crippen molar-refractivity contribution in [1.82, 2.24) is 14.8 Å². The molecular formula is C21H15FN3O4-. The van der Waals surface area contributed by atoms with E-state index in [0.717, 1.165) is 10.3 Å². The Balaban J connectivity index is 1.67. The van der Waals surface area contributed by atoms with E-state index in [1.165, 1.54) is 28.8 Å². The highest BCUT2D eigenvalue weighted by Crippen LogP contribution is 2.25. The van der Waals surface area contributed by atoms with Crippen LogP contribution in [0, 0.1) is 5.82 Å². The number of para-hydroxylation sites is 1. The molecule has 0 unspecified atom stereocenters. The molecule has 0 bridgehead atoms. The highest BCUT2D eigenvalue weighted by atomic mass is 19.1. The van der Waals surface area contributed by atoms with E-state index in [9.17, 15) is 23.9 Å². The third kappa shape index (κ3) is 3.47. The molecule has 0 atom stereocenters. The molecule has 0 aliphatic carbocycles. The number of nitrogens with zero attached hydrogens (tertiary/aromatic N) is 2. The van der Waals surface area contributed by atoms with E-state index in [1.54, 1.807) is 36.5 Å². The minimum absolute atomic E-state index is 0.0303. The molecule has 1 fully saturated rings. The van der Waals surface area contributed by atoms with Crippen molar-refractivity contribution in [3.05, 3.63) is 77.4 Å². The normalized spacial score (nSPS) is 15.3. The molecule has 146 valence electrons. The fourth-order valence-electron chi connectivity index (χ4n) is 3.33. The third-order valence-corrected chi connectivity index (χ3v) is 4.67. The minimum atomic E-state index is -1.24. The summed E-state index contributed by atoms with van der Waals surface area (Å²) in [5, 5.41) is 14.2. The van der Waals surface area contributed by atoms with Crippen LogP contribution in [0.25, 0.3) is 17.0 Å². The number of nitrogens with one attached hydrogen (secondary N) is 1. The number of carbonyl (C=O) groups is 3. The fourth-order valence-corrected chi connectivity index (χ4v) is 3.33. The van der Waals surface area contributed by atoms with Crippen LogP contribution < -0.4 is 10.4 Å². The maximum absolute atomic E-state index is 13.9. The van der Waals surface area contributed by atoms with Gasteiger partial charge >= 0.3 is 6.03 Å². The summed E-state index contributed by atoms with van der Waals surface area (Å²) in [6.45, 7) is -0.537. The quantitative estimate of drug-likeness (QED) is 0.527. The van der Waals surface area contributed by atoms with Gasteiger partial charge in [-0.2, -0.15) is 0 Å². The van der Waals surface area contributed by atoms with Crippen LogP contribution in [-0.2, 0) is 22.7 Å². The predicted octanol–water partition coefficient (Wildman–Crippen LogP) is 1.62. The second-order valence-corrected chi connectivity index (χ2v) is 6.57. The number of carbonyl (C=O) groups excluding carboxylic acids is 3. The fraction of sp³-hybridized carbons (Fsp3) is 0.0952. The van der Waals surface area contributed by atoms with E-state index < -0.39 is 23.7 Å². The van der Waals surface area contributed by atoms with Gasteiger partial charge in [-0.25, -0.2) is 9.18 Å². The van der Waals surface area contributed by atoms with E-state index >= 15 is 0 Å². The number of amides is 3. The second-order valence-electron chi connectivity index (χ2n) is 6.57. The summed E-state index contributed by atoms with van der Waals surface area (Å²) < 4.78 is 15.4. The summed E-state index contributed by atoms with van der Waals surface area (Å²) in [5.41, 5.74) is 1.48. The van der Waals surface area contributed by atoms with Crippen molar-refractivity contribution in [3.63, 3.8) is 0 Å². The lowest BCUT2D eigenvalue weighted by Gasteiger charge is -2.12. The van der Waals surface area contributed by atoms with Gasteiger partial charge in [-0.15, -0.1) is 0 Å². The molecular weight excluding hydrogens is 377 g/mol. The summed E-state index contributed by atoms with van der Waals surface area (Å²) in [7, 11) is 0. The first kappa shape index (κ1) is 18.4. The topological polar surface area (TPSA) is 94.5 Å². The number of carboxylic acids is 1. The molecule has 0 spiro atoms. The number of aliphatic carboxylic acids is 1. The molecule has 8 heteroatoms. The molecule has 2 aromatic carbocycles. The monoisotopic (exact) mass is 392 g/mol. The van der Waals surface area contributed by atoms with Gasteiger partial charge in [-0.3, -0.25) is 9.69 Å². The number of hydrogen-bond donors (Lipinski definition) is 1. The SMILES string of the molecule is O=C([O-])Cn1cc(C=C2NC(=O)N(Cc3ccccc3F)C2=O)c2ccccc21. The Kier molecular flexibility index (Phi) is 4.59. The van der Waals surface area contributed by atoms with Crippen molar-refractivity contribution < 1.29 is 23.9 Å². The second kappa shape index (κ2) is 7.23. The maximum Gasteiger partial charge on any atom is 0.329 e. The number of urea groups is 1. The zero-order chi connectivity index (χ0) is 20.5. The first-order valence-electron chi connectivity index (χ1n) is 8.79. The van der Waals surface area contributed by atoms with Crippen molar-refractivity contribution in [2.75, 3.05) is 0 Å². The summed E-state index contributed by atoms with van der Waals surface area (Å²) in [5.74, 6) is -2.34. The molecule has 29 heavy (non-hydrogen) atoms. The first-order valence-corrected chi connectivity index (χ1v) is 8.79. The zero-order valence-electron chi connectivity index (χ0n) is 15.1. The van der Waals surface area contributed by atoms with E-state index in [-0.39, 0.29) is 24.4 Å². The molecule has 3 amide bonds. The van der Waals surface area contributed by atoms with Crippen molar-refractivity contribution in [1.29, 1.82) is 0 Å². The van der Waals surface area contributed by atoms with E-state index in [2.05, 4.69) is 5.32 Å². The van der Waals surface area contributed by atoms with E-state index in [4.69, 9.17) is 0 Å². The lowest BCUT2D eigenvalue weighted by molar-refractivity contribution is -0.306. The van der Waals surface area contributed by atoms with Crippen LogP contribution >= 0.6 is 0 Å². The van der Waals surface area contributed by atoms with Gasteiger partial charge in [0.2, 0.25) is 0 Å². The predicted molar refractivity (Wildman–Crippen MR) is 100 cm³/mol. The Labute approximate surface area is 164 Å². The number of halogens is 1. The molecule has 0 radical (unpaired) electrons. The van der Waals surface area contributed by atoms with Crippen molar-refractivity contribution in [3.8, 4) is 0 Å². The highest BCUT2D eigenvalue weighted by Gasteiger charge is 2.34. The van der Waals surface area contributed by atoms with Crippen LogP contribution in [0.5, 0.6) is 0 Å². The number of hydrogen-bond acceptors (Lipinski definition) is 4. The first-order chi connectivity index (χ1) is 13.9.